The normalized spacial score (nSPS) is 9.81. The molecule has 0 bridgehead atoms. The number of amides is 1. The van der Waals surface area contributed by atoms with E-state index in [9.17, 15) is 9.18 Å². The van der Waals surface area contributed by atoms with Gasteiger partial charge in [0.15, 0.2) is 0 Å². The zero-order chi connectivity index (χ0) is 11.8. The highest BCUT2D eigenvalue weighted by atomic mass is 32.2. The topological polar surface area (TPSA) is 29.1 Å². The van der Waals surface area contributed by atoms with Gasteiger partial charge in [-0.1, -0.05) is 18.2 Å². The molecule has 0 aliphatic carbocycles. The summed E-state index contributed by atoms with van der Waals surface area (Å²) in [6, 6.07) is 6.40. The fourth-order valence-corrected chi connectivity index (χ4v) is 1.93. The number of carbonyl (C=O) groups is 1. The Labute approximate surface area is 98.9 Å². The Balaban J connectivity index is 2.25. The van der Waals surface area contributed by atoms with Gasteiger partial charge in [-0.2, -0.15) is 0 Å². The second-order valence-corrected chi connectivity index (χ2v) is 4.20. The summed E-state index contributed by atoms with van der Waals surface area (Å²) in [5.74, 6) is 0.749. The summed E-state index contributed by atoms with van der Waals surface area (Å²) < 4.78 is 12.8. The van der Waals surface area contributed by atoms with Gasteiger partial charge in [-0.05, 0) is 17.7 Å². The Hall–Kier alpha value is -1.29. The first-order valence-electron chi connectivity index (χ1n) is 4.92. The van der Waals surface area contributed by atoms with Gasteiger partial charge in [0.2, 0.25) is 5.91 Å². The van der Waals surface area contributed by atoms with Crippen LogP contribution in [0, 0.1) is 5.82 Å². The van der Waals surface area contributed by atoms with Crippen LogP contribution in [0.2, 0.25) is 0 Å². The van der Waals surface area contributed by atoms with Crippen LogP contribution in [0.1, 0.15) is 5.56 Å². The van der Waals surface area contributed by atoms with Crippen molar-refractivity contribution in [1.82, 2.24) is 5.32 Å². The summed E-state index contributed by atoms with van der Waals surface area (Å²) in [6.07, 6.45) is 1.63. The van der Waals surface area contributed by atoms with Crippen LogP contribution in [-0.2, 0) is 10.5 Å². The summed E-state index contributed by atoms with van der Waals surface area (Å²) in [4.78, 5) is 11.2. The van der Waals surface area contributed by atoms with Gasteiger partial charge in [-0.3, -0.25) is 4.79 Å². The van der Waals surface area contributed by atoms with Crippen molar-refractivity contribution in [2.45, 2.75) is 5.75 Å². The van der Waals surface area contributed by atoms with Crippen molar-refractivity contribution >= 4 is 17.7 Å². The highest BCUT2D eigenvalue weighted by molar-refractivity contribution is 7.99. The Bertz CT molecular complexity index is 368. The molecule has 0 aliphatic heterocycles. The van der Waals surface area contributed by atoms with Gasteiger partial charge < -0.3 is 5.32 Å². The van der Waals surface area contributed by atoms with Crippen LogP contribution in [0.4, 0.5) is 4.39 Å². The summed E-state index contributed by atoms with van der Waals surface area (Å²) >= 11 is 1.46. The van der Waals surface area contributed by atoms with Crippen LogP contribution in [0.15, 0.2) is 36.9 Å². The first kappa shape index (κ1) is 12.8. The average Bonchev–Trinajstić information content (AvgIpc) is 2.26. The van der Waals surface area contributed by atoms with E-state index >= 15 is 0 Å². The third-order valence-electron chi connectivity index (χ3n) is 1.83. The SMILES string of the molecule is C=CCNC(=O)CSCc1cccc(F)c1. The average molecular weight is 239 g/mol. The summed E-state index contributed by atoms with van der Waals surface area (Å²) in [5, 5.41) is 2.68. The first-order valence-corrected chi connectivity index (χ1v) is 6.07. The maximum atomic E-state index is 12.8. The van der Waals surface area contributed by atoms with Crippen molar-refractivity contribution < 1.29 is 9.18 Å². The van der Waals surface area contributed by atoms with Crippen LogP contribution in [-0.4, -0.2) is 18.2 Å². The number of carbonyl (C=O) groups excluding carboxylic acids is 1. The van der Waals surface area contributed by atoms with E-state index in [1.807, 2.05) is 6.07 Å². The molecular formula is C12H14FNOS. The lowest BCUT2D eigenvalue weighted by molar-refractivity contribution is -0.118. The van der Waals surface area contributed by atoms with Gasteiger partial charge in [-0.15, -0.1) is 18.3 Å². The van der Waals surface area contributed by atoms with Crippen molar-refractivity contribution in [3.8, 4) is 0 Å². The molecule has 0 radical (unpaired) electrons. The molecule has 0 aliphatic rings. The third-order valence-corrected chi connectivity index (χ3v) is 2.84. The van der Waals surface area contributed by atoms with E-state index in [4.69, 9.17) is 0 Å². The molecule has 0 saturated heterocycles. The minimum atomic E-state index is -0.241. The molecule has 0 atom stereocenters. The fraction of sp³-hybridized carbons (Fsp3) is 0.250. The quantitative estimate of drug-likeness (QED) is 0.772. The second-order valence-electron chi connectivity index (χ2n) is 3.22. The van der Waals surface area contributed by atoms with E-state index in [-0.39, 0.29) is 11.7 Å². The largest absolute Gasteiger partial charge is 0.352 e. The molecule has 1 rings (SSSR count). The van der Waals surface area contributed by atoms with Crippen molar-refractivity contribution in [3.63, 3.8) is 0 Å². The molecule has 0 fully saturated rings. The van der Waals surface area contributed by atoms with Crippen LogP contribution in [0.5, 0.6) is 0 Å². The second kappa shape index (κ2) is 7.06. The lowest BCUT2D eigenvalue weighted by Crippen LogP contribution is -2.24. The molecule has 0 spiro atoms. The predicted molar refractivity (Wildman–Crippen MR) is 65.8 cm³/mol. The number of hydrogen-bond donors (Lipinski definition) is 1. The van der Waals surface area contributed by atoms with Crippen molar-refractivity contribution in [2.24, 2.45) is 0 Å². The molecule has 0 aromatic heterocycles. The molecule has 0 saturated carbocycles. The number of rotatable bonds is 6. The van der Waals surface area contributed by atoms with Crippen molar-refractivity contribution in [2.75, 3.05) is 12.3 Å². The molecule has 1 aromatic carbocycles. The summed E-state index contributed by atoms with van der Waals surface area (Å²) in [5.41, 5.74) is 0.890. The molecule has 0 unspecified atom stereocenters. The van der Waals surface area contributed by atoms with Gasteiger partial charge in [0.05, 0.1) is 5.75 Å². The van der Waals surface area contributed by atoms with Crippen LogP contribution in [0.3, 0.4) is 0 Å². The standard InChI is InChI=1S/C12H14FNOS/c1-2-6-14-12(15)9-16-8-10-4-3-5-11(13)7-10/h2-5,7H,1,6,8-9H2,(H,14,15). The van der Waals surface area contributed by atoms with Crippen LogP contribution < -0.4 is 5.32 Å². The Kier molecular flexibility index (Phi) is 5.64. The third kappa shape index (κ3) is 4.98. The molecule has 0 heterocycles. The smallest absolute Gasteiger partial charge is 0.230 e. The maximum Gasteiger partial charge on any atom is 0.230 e. The lowest BCUT2D eigenvalue weighted by atomic mass is 10.2. The van der Waals surface area contributed by atoms with Gasteiger partial charge in [0.25, 0.3) is 0 Å². The molecule has 86 valence electrons. The molecule has 1 amide bonds. The molecule has 1 aromatic rings. The van der Waals surface area contributed by atoms with Crippen molar-refractivity contribution in [1.29, 1.82) is 0 Å². The van der Waals surface area contributed by atoms with Gasteiger partial charge >= 0.3 is 0 Å². The Morgan fingerprint density at radius 3 is 3.06 bits per heavy atom. The minimum absolute atomic E-state index is 0.0266. The molecule has 2 nitrogen and oxygen atoms in total. The Morgan fingerprint density at radius 1 is 1.56 bits per heavy atom. The van der Waals surface area contributed by atoms with Gasteiger partial charge in [0, 0.05) is 12.3 Å². The summed E-state index contributed by atoms with van der Waals surface area (Å²) in [7, 11) is 0. The highest BCUT2D eigenvalue weighted by Crippen LogP contribution is 2.12. The van der Waals surface area contributed by atoms with E-state index in [0.29, 0.717) is 18.1 Å². The number of halogens is 1. The van der Waals surface area contributed by atoms with Gasteiger partial charge in [-0.25, -0.2) is 4.39 Å². The van der Waals surface area contributed by atoms with Crippen molar-refractivity contribution in [3.05, 3.63) is 48.3 Å². The van der Waals surface area contributed by atoms with Crippen LogP contribution in [0.25, 0.3) is 0 Å². The van der Waals surface area contributed by atoms with E-state index in [0.717, 1.165) is 5.56 Å². The molecular weight excluding hydrogens is 225 g/mol. The van der Waals surface area contributed by atoms with E-state index < -0.39 is 0 Å². The summed E-state index contributed by atoms with van der Waals surface area (Å²) in [6.45, 7) is 3.99. The van der Waals surface area contributed by atoms with E-state index in [1.54, 1.807) is 12.1 Å². The lowest BCUT2D eigenvalue weighted by Gasteiger charge is -2.02. The Morgan fingerprint density at radius 2 is 2.38 bits per heavy atom. The monoisotopic (exact) mass is 239 g/mol. The predicted octanol–water partition coefficient (Wildman–Crippen LogP) is 2.36. The molecule has 16 heavy (non-hydrogen) atoms. The van der Waals surface area contributed by atoms with E-state index in [2.05, 4.69) is 11.9 Å². The number of thioether (sulfide) groups is 1. The zero-order valence-corrected chi connectivity index (χ0v) is 9.73. The zero-order valence-electron chi connectivity index (χ0n) is 8.91. The maximum absolute atomic E-state index is 12.8. The number of benzene rings is 1. The molecule has 4 heteroatoms. The number of nitrogens with one attached hydrogen (secondary N) is 1. The minimum Gasteiger partial charge on any atom is -0.352 e. The number of hydrogen-bond acceptors (Lipinski definition) is 2. The first-order chi connectivity index (χ1) is 7.72. The van der Waals surface area contributed by atoms with Crippen LogP contribution >= 0.6 is 11.8 Å². The molecule has 1 N–H and O–H groups in total. The fourth-order valence-electron chi connectivity index (χ4n) is 1.13. The van der Waals surface area contributed by atoms with Gasteiger partial charge in [0.1, 0.15) is 5.82 Å². The van der Waals surface area contributed by atoms with E-state index in [1.165, 1.54) is 23.9 Å². The highest BCUT2D eigenvalue weighted by Gasteiger charge is 2.00.